The van der Waals surface area contributed by atoms with Crippen molar-refractivity contribution in [1.29, 1.82) is 0 Å². The molecule has 14 heteroatoms. The van der Waals surface area contributed by atoms with Crippen LogP contribution in [0.5, 0.6) is 0 Å². The zero-order valence-electron chi connectivity index (χ0n) is 21.5. The Morgan fingerprint density at radius 1 is 0.684 bits per heavy atom. The zero-order chi connectivity index (χ0) is 26.9. The third-order valence-corrected chi connectivity index (χ3v) is 6.05. The van der Waals surface area contributed by atoms with Crippen molar-refractivity contribution < 1.29 is 104 Å². The second-order valence-electron chi connectivity index (χ2n) is 7.69. The van der Waals surface area contributed by atoms with Gasteiger partial charge >= 0.3 is 71.1 Å². The maximum absolute atomic E-state index is 12.5. The maximum atomic E-state index is 12.5. The van der Waals surface area contributed by atoms with Crippen LogP contribution < -0.4 is 59.1 Å². The van der Waals surface area contributed by atoms with E-state index in [4.69, 9.17) is 9.47 Å². The van der Waals surface area contributed by atoms with Crippen LogP contribution in [0.1, 0.15) is 22.3 Å². The first-order chi connectivity index (χ1) is 16.7. The van der Waals surface area contributed by atoms with Gasteiger partial charge in [0.2, 0.25) is 0 Å². The van der Waals surface area contributed by atoms with E-state index in [-0.39, 0.29) is 59.1 Å². The smallest absolute Gasteiger partial charge is 0.748 e. The van der Waals surface area contributed by atoms with Crippen molar-refractivity contribution in [1.82, 2.24) is 0 Å². The van der Waals surface area contributed by atoms with Crippen molar-refractivity contribution in [2.75, 3.05) is 24.7 Å². The molecule has 194 valence electrons. The molecule has 0 radical (unpaired) electrons. The third kappa shape index (κ3) is 13.7. The van der Waals surface area contributed by atoms with Crippen LogP contribution in [-0.4, -0.2) is 62.6 Å². The van der Waals surface area contributed by atoms with Gasteiger partial charge in [0.1, 0.15) is 18.8 Å². The van der Waals surface area contributed by atoms with Gasteiger partial charge in [0.15, 0.2) is 0 Å². The number of esters is 2. The monoisotopic (exact) mass is 582 g/mol. The molecule has 0 bridgehead atoms. The number of aryl methyl sites for hydroxylation is 2. The Labute approximate surface area is 266 Å². The average Bonchev–Trinajstić information content (AvgIpc) is 2.76. The molecule has 2 aromatic rings. The summed E-state index contributed by atoms with van der Waals surface area (Å²) in [5.41, 5.74) is 3.42. The fourth-order valence-corrected chi connectivity index (χ4v) is 3.41. The predicted octanol–water partition coefficient (Wildman–Crippen LogP) is -4.15. The van der Waals surface area contributed by atoms with Gasteiger partial charge in [-0.1, -0.05) is 65.7 Å². The van der Waals surface area contributed by atoms with E-state index >= 15 is 0 Å². The number of carbonyl (C=O) groups excluding carboxylic acids is 2. The molecule has 0 saturated carbocycles. The van der Waals surface area contributed by atoms with Gasteiger partial charge in [0, 0.05) is 0 Å². The molecular weight excluding hydrogens is 558 g/mol. The standard InChI is InChI=1S/C24H26O10S2.2Na/c1-17-3-7-19(8-4-17)21(20-9-5-18(2)6-10-20)11-12-22(23(25)33-13-15-35(27,28)29)24(26)34-14-16-36(30,31)32;;/h3-12H,13-16H2,1-2H3,(H,27,28,29)(H,30,31,32);;/q;2*+1/p-2. The van der Waals surface area contributed by atoms with Crippen molar-refractivity contribution in [3.63, 3.8) is 0 Å². The second kappa shape index (κ2) is 16.7. The Morgan fingerprint density at radius 2 is 1.03 bits per heavy atom. The van der Waals surface area contributed by atoms with E-state index in [0.717, 1.165) is 28.3 Å². The van der Waals surface area contributed by atoms with Crippen LogP contribution in [0.3, 0.4) is 0 Å². The quantitative estimate of drug-likeness (QED) is 0.0483. The number of hydrogen-bond donors (Lipinski definition) is 0. The van der Waals surface area contributed by atoms with Crippen LogP contribution in [0, 0.1) is 13.8 Å². The molecule has 0 spiro atoms. The fourth-order valence-electron chi connectivity index (χ4n) is 2.84. The van der Waals surface area contributed by atoms with Crippen molar-refractivity contribution in [2.24, 2.45) is 0 Å². The predicted molar refractivity (Wildman–Crippen MR) is 129 cm³/mol. The summed E-state index contributed by atoms with van der Waals surface area (Å²) in [5, 5.41) is 0. The van der Waals surface area contributed by atoms with Gasteiger partial charge in [-0.2, -0.15) is 0 Å². The molecule has 0 aromatic heterocycles. The summed E-state index contributed by atoms with van der Waals surface area (Å²) in [6.07, 6.45) is 2.53. The molecule has 10 nitrogen and oxygen atoms in total. The maximum Gasteiger partial charge on any atom is 1.00 e. The molecule has 2 rings (SSSR count). The molecule has 0 fully saturated rings. The number of hydrogen-bond acceptors (Lipinski definition) is 10. The van der Waals surface area contributed by atoms with Gasteiger partial charge in [0.25, 0.3) is 0 Å². The molecule has 0 heterocycles. The Hall–Kier alpha value is -1.32. The second-order valence-corrected chi connectivity index (χ2v) is 10.7. The van der Waals surface area contributed by atoms with Gasteiger partial charge < -0.3 is 18.6 Å². The molecule has 0 saturated heterocycles. The minimum absolute atomic E-state index is 0. The van der Waals surface area contributed by atoms with Crippen LogP contribution in [0.15, 0.2) is 66.3 Å². The molecule has 0 atom stereocenters. The topological polar surface area (TPSA) is 167 Å². The number of ether oxygens (including phenoxy) is 2. The Morgan fingerprint density at radius 3 is 1.34 bits per heavy atom. The van der Waals surface area contributed by atoms with E-state index < -0.39 is 62.5 Å². The van der Waals surface area contributed by atoms with Crippen molar-refractivity contribution >= 4 is 37.7 Å². The zero-order valence-corrected chi connectivity index (χ0v) is 27.1. The summed E-state index contributed by atoms with van der Waals surface area (Å²) in [5.74, 6) is -4.61. The molecule has 0 amide bonds. The van der Waals surface area contributed by atoms with Gasteiger partial charge in [-0.05, 0) is 36.6 Å². The first-order valence-electron chi connectivity index (χ1n) is 10.5. The van der Waals surface area contributed by atoms with Crippen LogP contribution in [0.2, 0.25) is 0 Å². The van der Waals surface area contributed by atoms with Gasteiger partial charge in [0.05, 0.1) is 31.7 Å². The fraction of sp³-hybridized carbons (Fsp3) is 0.250. The molecule has 0 aliphatic rings. The molecule has 0 aliphatic heterocycles. The minimum atomic E-state index is -4.68. The summed E-state index contributed by atoms with van der Waals surface area (Å²) in [7, 11) is -9.35. The van der Waals surface area contributed by atoms with Gasteiger partial charge in [-0.15, -0.1) is 0 Å². The van der Waals surface area contributed by atoms with E-state index in [0.29, 0.717) is 5.57 Å². The first-order valence-corrected chi connectivity index (χ1v) is 13.7. The Kier molecular flexibility index (Phi) is 16.1. The third-order valence-electron chi connectivity index (χ3n) is 4.71. The molecular formula is C24H24Na2O10S2. The normalized spacial score (nSPS) is 10.7. The summed E-state index contributed by atoms with van der Waals surface area (Å²) in [6.45, 7) is 2.20. The summed E-state index contributed by atoms with van der Waals surface area (Å²) >= 11 is 0. The molecule has 0 N–H and O–H groups in total. The average molecular weight is 583 g/mol. The summed E-state index contributed by atoms with van der Waals surface area (Å²) < 4.78 is 74.1. The molecule has 0 aliphatic carbocycles. The van der Waals surface area contributed by atoms with Crippen LogP contribution in [0.25, 0.3) is 5.57 Å². The van der Waals surface area contributed by atoms with E-state index in [2.05, 4.69) is 0 Å². The van der Waals surface area contributed by atoms with Crippen LogP contribution >= 0.6 is 0 Å². The van der Waals surface area contributed by atoms with Gasteiger partial charge in [-0.25, -0.2) is 26.4 Å². The number of rotatable bonds is 11. The summed E-state index contributed by atoms with van der Waals surface area (Å²) in [6, 6.07) is 14.8. The van der Waals surface area contributed by atoms with Crippen molar-refractivity contribution in [3.8, 4) is 0 Å². The molecule has 2 aromatic carbocycles. The summed E-state index contributed by atoms with van der Waals surface area (Å²) in [4.78, 5) is 25.0. The molecule has 0 unspecified atom stereocenters. The molecule has 38 heavy (non-hydrogen) atoms. The van der Waals surface area contributed by atoms with E-state index in [1.54, 1.807) is 0 Å². The Bertz CT molecular complexity index is 1260. The van der Waals surface area contributed by atoms with E-state index in [9.17, 15) is 35.5 Å². The number of allylic oxidation sites excluding steroid dienone is 2. The SMILES string of the molecule is Cc1ccc(C(=CC=C(C(=O)OCCS(=O)(=O)[O-])C(=O)OCCS(=O)(=O)[O-])c2ccc(C)cc2)cc1.[Na+].[Na+]. The number of carbonyl (C=O) groups is 2. The Balaban J connectivity index is 0.00000684. The number of benzene rings is 2. The van der Waals surface area contributed by atoms with E-state index in [1.165, 1.54) is 6.08 Å². The van der Waals surface area contributed by atoms with Crippen molar-refractivity contribution in [3.05, 3.63) is 88.5 Å². The first kappa shape index (κ1) is 36.7. The van der Waals surface area contributed by atoms with Crippen LogP contribution in [-0.2, 0) is 39.3 Å². The van der Waals surface area contributed by atoms with Crippen LogP contribution in [0.4, 0.5) is 0 Å². The van der Waals surface area contributed by atoms with Crippen molar-refractivity contribution in [2.45, 2.75) is 13.8 Å². The largest absolute Gasteiger partial charge is 1.00 e. The van der Waals surface area contributed by atoms with E-state index in [1.807, 2.05) is 62.4 Å². The van der Waals surface area contributed by atoms with Gasteiger partial charge in [-0.3, -0.25) is 0 Å². The minimum Gasteiger partial charge on any atom is -0.748 e.